The van der Waals surface area contributed by atoms with E-state index in [0.717, 1.165) is 120 Å². The Balaban J connectivity index is 5.26. The SMILES string of the molecule is CCC(C)CCCCCCCCC(=O)OC[C@H](COP(=O)(O)OCC(O)COP(=O)(O)OC[C@@H](COC(=O)CCCCCCCCCCC(C)C)OC(=O)CCCCCCCCCCCC(C)C)OC(=O)CCCCCCCCCCCCCCC(C)C. The highest BCUT2D eigenvalue weighted by Crippen LogP contribution is 2.45. The number of phosphoric ester groups is 2. The van der Waals surface area contributed by atoms with Crippen LogP contribution in [-0.2, 0) is 65.4 Å². The van der Waals surface area contributed by atoms with Gasteiger partial charge in [-0.3, -0.25) is 37.3 Å². The quantitative estimate of drug-likeness (QED) is 0.0222. The molecule has 0 amide bonds. The van der Waals surface area contributed by atoms with Gasteiger partial charge in [-0.2, -0.15) is 0 Å². The zero-order valence-corrected chi connectivity index (χ0v) is 59.1. The van der Waals surface area contributed by atoms with Gasteiger partial charge in [0.1, 0.15) is 19.3 Å². The van der Waals surface area contributed by atoms with E-state index >= 15 is 0 Å². The molecule has 0 saturated carbocycles. The topological polar surface area (TPSA) is 237 Å². The number of rotatable bonds is 66. The van der Waals surface area contributed by atoms with Crippen molar-refractivity contribution in [2.45, 2.75) is 356 Å². The van der Waals surface area contributed by atoms with Crippen molar-refractivity contribution in [3.8, 4) is 0 Å². The van der Waals surface area contributed by atoms with Gasteiger partial charge in [-0.15, -0.1) is 0 Å². The normalized spacial score (nSPS) is 14.6. The number of ether oxygens (including phenoxy) is 4. The number of phosphoric acid groups is 2. The third kappa shape index (κ3) is 61.6. The molecule has 0 spiro atoms. The number of aliphatic hydroxyl groups is 1. The number of esters is 4. The van der Waals surface area contributed by atoms with E-state index in [1.54, 1.807) is 0 Å². The van der Waals surface area contributed by atoms with Crippen molar-refractivity contribution >= 4 is 39.5 Å². The first-order chi connectivity index (χ1) is 42.1. The van der Waals surface area contributed by atoms with Crippen molar-refractivity contribution < 1.29 is 80.2 Å². The molecule has 19 heteroatoms. The minimum absolute atomic E-state index is 0.104. The van der Waals surface area contributed by atoms with Crippen molar-refractivity contribution in [2.24, 2.45) is 23.7 Å². The summed E-state index contributed by atoms with van der Waals surface area (Å²) in [7, 11) is -9.90. The molecule has 0 aliphatic heterocycles. The molecule has 0 aromatic rings. The van der Waals surface area contributed by atoms with E-state index in [9.17, 15) is 43.2 Å². The molecule has 522 valence electrons. The Labute approximate surface area is 537 Å². The van der Waals surface area contributed by atoms with Crippen molar-refractivity contribution in [2.75, 3.05) is 39.6 Å². The summed E-state index contributed by atoms with van der Waals surface area (Å²) in [6.45, 7) is 14.1. The lowest BCUT2D eigenvalue weighted by atomic mass is 10.00. The van der Waals surface area contributed by atoms with Crippen LogP contribution in [0.2, 0.25) is 0 Å². The van der Waals surface area contributed by atoms with Crippen molar-refractivity contribution in [1.29, 1.82) is 0 Å². The van der Waals surface area contributed by atoms with Gasteiger partial charge in [-0.25, -0.2) is 9.13 Å². The number of hydrogen-bond donors (Lipinski definition) is 3. The zero-order chi connectivity index (χ0) is 65.4. The lowest BCUT2D eigenvalue weighted by molar-refractivity contribution is -0.161. The van der Waals surface area contributed by atoms with E-state index in [1.165, 1.54) is 135 Å². The molecule has 0 aromatic carbocycles. The molecule has 0 heterocycles. The molecule has 0 rings (SSSR count). The number of aliphatic hydroxyl groups excluding tert-OH is 1. The van der Waals surface area contributed by atoms with E-state index in [2.05, 4.69) is 55.4 Å². The first-order valence-corrected chi connectivity index (χ1v) is 38.7. The predicted molar refractivity (Wildman–Crippen MR) is 354 cm³/mol. The Morgan fingerprint density at radius 1 is 0.318 bits per heavy atom. The fourth-order valence-corrected chi connectivity index (χ4v) is 11.9. The third-order valence-corrected chi connectivity index (χ3v) is 18.1. The predicted octanol–water partition coefficient (Wildman–Crippen LogP) is 19.3. The highest BCUT2D eigenvalue weighted by molar-refractivity contribution is 7.47. The van der Waals surface area contributed by atoms with Crippen molar-refractivity contribution in [1.82, 2.24) is 0 Å². The summed E-state index contributed by atoms with van der Waals surface area (Å²) in [6.07, 6.45) is 40.3. The second-order valence-corrected chi connectivity index (χ2v) is 29.5. The Morgan fingerprint density at radius 2 is 0.545 bits per heavy atom. The van der Waals surface area contributed by atoms with Crippen LogP contribution >= 0.6 is 15.6 Å². The minimum Gasteiger partial charge on any atom is -0.462 e. The van der Waals surface area contributed by atoms with Gasteiger partial charge in [0, 0.05) is 25.7 Å². The summed E-state index contributed by atoms with van der Waals surface area (Å²) < 4.78 is 68.2. The average Bonchev–Trinajstić information content (AvgIpc) is 3.52. The van der Waals surface area contributed by atoms with Crippen LogP contribution in [0.25, 0.3) is 0 Å². The number of unbranched alkanes of at least 4 members (excludes halogenated alkanes) is 31. The van der Waals surface area contributed by atoms with Gasteiger partial charge in [0.2, 0.25) is 0 Å². The van der Waals surface area contributed by atoms with Gasteiger partial charge in [0.25, 0.3) is 0 Å². The molecule has 88 heavy (non-hydrogen) atoms. The van der Waals surface area contributed by atoms with Gasteiger partial charge in [-0.1, -0.05) is 287 Å². The molecule has 17 nitrogen and oxygen atoms in total. The molecule has 3 N–H and O–H groups in total. The Hall–Kier alpha value is -1.94. The highest BCUT2D eigenvalue weighted by atomic mass is 31.2. The van der Waals surface area contributed by atoms with Crippen LogP contribution in [0.1, 0.15) is 338 Å². The van der Waals surface area contributed by atoms with Crippen molar-refractivity contribution in [3.05, 3.63) is 0 Å². The Bertz CT molecular complexity index is 1750. The highest BCUT2D eigenvalue weighted by Gasteiger charge is 2.30. The van der Waals surface area contributed by atoms with E-state index in [4.69, 9.17) is 37.0 Å². The first-order valence-electron chi connectivity index (χ1n) is 35.7. The standard InChI is InChI=1S/C69H134O17P2/c1-9-62(8)48-40-32-27-28-34-42-50-67(72)80-56-65(86-68(73)51-43-35-25-17-13-11-10-12-15-21-29-37-45-59(2)3)58-84-88(77,78)82-54-63(70)53-81-87(75,76)83-57-64(55-79-66(71)49-41-33-24-20-19-23-31-39-47-61(6)7)85-69(74)52-44-36-26-18-14-16-22-30-38-46-60(4)5/h59-65,70H,9-58H2,1-8H3,(H,75,76)(H,77,78)/t62?,63?,64-,65-/m1/s1. The van der Waals surface area contributed by atoms with E-state index in [1.807, 2.05) is 0 Å². The zero-order valence-electron chi connectivity index (χ0n) is 57.3. The average molecular weight is 1300 g/mol. The second kappa shape index (κ2) is 58.8. The van der Waals surface area contributed by atoms with E-state index in [0.29, 0.717) is 25.7 Å². The van der Waals surface area contributed by atoms with Crippen LogP contribution in [0, 0.1) is 23.7 Å². The van der Waals surface area contributed by atoms with Crippen LogP contribution in [-0.4, -0.2) is 96.7 Å². The summed E-state index contributed by atoms with van der Waals surface area (Å²) in [5.74, 6) is 0.838. The first kappa shape index (κ1) is 86.1. The largest absolute Gasteiger partial charge is 0.472 e. The van der Waals surface area contributed by atoms with Crippen LogP contribution in [0.4, 0.5) is 0 Å². The van der Waals surface area contributed by atoms with E-state index < -0.39 is 97.5 Å². The molecule has 0 aliphatic carbocycles. The third-order valence-electron chi connectivity index (χ3n) is 16.2. The molecule has 0 radical (unpaired) electrons. The molecule has 0 saturated heterocycles. The number of carbonyl (C=O) groups excluding carboxylic acids is 4. The van der Waals surface area contributed by atoms with Gasteiger partial charge in [-0.05, 0) is 49.4 Å². The summed E-state index contributed by atoms with van der Waals surface area (Å²) >= 11 is 0. The summed E-state index contributed by atoms with van der Waals surface area (Å²) in [4.78, 5) is 72.5. The molecular formula is C69H134O17P2. The molecule has 0 aromatic heterocycles. The second-order valence-electron chi connectivity index (χ2n) is 26.6. The summed E-state index contributed by atoms with van der Waals surface area (Å²) in [6, 6.07) is 0. The summed E-state index contributed by atoms with van der Waals surface area (Å²) in [5, 5.41) is 10.6. The molecule has 0 fully saturated rings. The fourth-order valence-electron chi connectivity index (χ4n) is 10.3. The van der Waals surface area contributed by atoms with Crippen LogP contribution in [0.3, 0.4) is 0 Å². The van der Waals surface area contributed by atoms with Crippen molar-refractivity contribution in [3.63, 3.8) is 0 Å². The molecule has 6 atom stereocenters. The fraction of sp³-hybridized carbons (Fsp3) is 0.942. The maximum absolute atomic E-state index is 13.0. The number of hydrogen-bond acceptors (Lipinski definition) is 15. The van der Waals surface area contributed by atoms with Gasteiger partial charge in [0.15, 0.2) is 12.2 Å². The van der Waals surface area contributed by atoms with Gasteiger partial charge >= 0.3 is 39.5 Å². The monoisotopic (exact) mass is 1300 g/mol. The minimum atomic E-state index is -4.95. The maximum Gasteiger partial charge on any atom is 0.472 e. The van der Waals surface area contributed by atoms with Crippen LogP contribution in [0.15, 0.2) is 0 Å². The molecule has 4 unspecified atom stereocenters. The van der Waals surface area contributed by atoms with Crippen LogP contribution < -0.4 is 0 Å². The maximum atomic E-state index is 13.0. The lowest BCUT2D eigenvalue weighted by Crippen LogP contribution is -2.30. The Morgan fingerprint density at radius 3 is 0.807 bits per heavy atom. The summed E-state index contributed by atoms with van der Waals surface area (Å²) in [5.41, 5.74) is 0. The van der Waals surface area contributed by atoms with Gasteiger partial charge < -0.3 is 33.8 Å². The van der Waals surface area contributed by atoms with Gasteiger partial charge in [0.05, 0.1) is 26.4 Å². The molecule has 0 aliphatic rings. The van der Waals surface area contributed by atoms with E-state index in [-0.39, 0.29) is 25.7 Å². The molecule has 0 bridgehead atoms. The lowest BCUT2D eigenvalue weighted by Gasteiger charge is -2.21. The Kier molecular flexibility index (Phi) is 57.6. The molecular weight excluding hydrogens is 1160 g/mol. The number of carbonyl (C=O) groups is 4. The smallest absolute Gasteiger partial charge is 0.462 e. The van der Waals surface area contributed by atoms with Crippen LogP contribution in [0.5, 0.6) is 0 Å².